The number of nitrogens with zero attached hydrogens (tertiary/aromatic N) is 2. The highest BCUT2D eigenvalue weighted by molar-refractivity contribution is 14.1. The first-order valence-electron chi connectivity index (χ1n) is 6.31. The lowest BCUT2D eigenvalue weighted by atomic mass is 9.95. The number of hydrogen-bond donors (Lipinski definition) is 1. The number of nitro groups is 1. The van der Waals surface area contributed by atoms with Gasteiger partial charge in [-0.1, -0.05) is 6.92 Å². The van der Waals surface area contributed by atoms with Gasteiger partial charge in [-0.3, -0.25) is 14.9 Å². The van der Waals surface area contributed by atoms with Crippen LogP contribution in [0.1, 0.15) is 23.7 Å². The van der Waals surface area contributed by atoms with E-state index >= 15 is 0 Å². The predicted octanol–water partition coefficient (Wildman–Crippen LogP) is 2.04. The fourth-order valence-corrected chi connectivity index (χ4v) is 2.76. The number of non-ortho nitro benzene ring substituents is 1. The van der Waals surface area contributed by atoms with Crippen molar-refractivity contribution in [2.45, 2.75) is 19.4 Å². The van der Waals surface area contributed by atoms with Crippen LogP contribution in [0.5, 0.6) is 0 Å². The maximum absolute atomic E-state index is 12.4. The number of hydrogen-bond acceptors (Lipinski definition) is 4. The average molecular weight is 390 g/mol. The molecule has 7 heteroatoms. The van der Waals surface area contributed by atoms with Crippen LogP contribution in [0.25, 0.3) is 0 Å². The third-order valence-corrected chi connectivity index (χ3v) is 4.54. The van der Waals surface area contributed by atoms with Crippen molar-refractivity contribution in [3.05, 3.63) is 37.4 Å². The zero-order valence-electron chi connectivity index (χ0n) is 11.0. The number of halogens is 1. The first kappa shape index (κ1) is 15.2. The second kappa shape index (κ2) is 6.04. The van der Waals surface area contributed by atoms with Crippen LogP contribution in [0.3, 0.4) is 0 Å². The van der Waals surface area contributed by atoms with Gasteiger partial charge in [-0.25, -0.2) is 0 Å². The molecule has 1 N–H and O–H groups in total. The van der Waals surface area contributed by atoms with Crippen LogP contribution in [-0.2, 0) is 0 Å². The summed E-state index contributed by atoms with van der Waals surface area (Å²) in [6.45, 7) is 2.79. The SMILES string of the molecule is CC1CCN(C(=O)c2cc([N+](=O)[O-])ccc2I)CC1O. The molecular formula is C13H15IN2O4. The van der Waals surface area contributed by atoms with Crippen LogP contribution in [0.15, 0.2) is 18.2 Å². The Balaban J connectivity index is 2.25. The number of β-amino-alcohol motifs (C(OH)–C–C–N with tert-alkyl or cyclic N) is 1. The second-order valence-corrected chi connectivity index (χ2v) is 6.17. The molecule has 1 aliphatic heterocycles. The minimum Gasteiger partial charge on any atom is -0.391 e. The van der Waals surface area contributed by atoms with Crippen LogP contribution in [-0.4, -0.2) is 40.0 Å². The van der Waals surface area contributed by atoms with Gasteiger partial charge in [-0.05, 0) is 41.0 Å². The molecule has 0 bridgehead atoms. The number of aliphatic hydroxyl groups excluding tert-OH is 1. The summed E-state index contributed by atoms with van der Waals surface area (Å²) in [7, 11) is 0. The van der Waals surface area contributed by atoms with Crippen molar-refractivity contribution in [2.24, 2.45) is 5.92 Å². The highest BCUT2D eigenvalue weighted by atomic mass is 127. The summed E-state index contributed by atoms with van der Waals surface area (Å²) in [4.78, 5) is 24.3. The molecule has 0 aliphatic carbocycles. The van der Waals surface area contributed by atoms with Gasteiger partial charge in [0.15, 0.2) is 0 Å². The van der Waals surface area contributed by atoms with Gasteiger partial charge in [0.1, 0.15) is 0 Å². The molecule has 2 unspecified atom stereocenters. The van der Waals surface area contributed by atoms with Gasteiger partial charge in [-0.2, -0.15) is 0 Å². The minimum atomic E-state index is -0.538. The van der Waals surface area contributed by atoms with Crippen LogP contribution in [0.2, 0.25) is 0 Å². The third kappa shape index (κ3) is 3.09. The van der Waals surface area contributed by atoms with Gasteiger partial charge < -0.3 is 10.0 Å². The number of aliphatic hydroxyl groups is 1. The van der Waals surface area contributed by atoms with Crippen molar-refractivity contribution in [3.8, 4) is 0 Å². The molecule has 20 heavy (non-hydrogen) atoms. The molecule has 1 amide bonds. The number of nitro benzene ring substituents is 1. The number of amides is 1. The third-order valence-electron chi connectivity index (χ3n) is 3.60. The van der Waals surface area contributed by atoms with Gasteiger partial charge in [0.2, 0.25) is 0 Å². The molecule has 108 valence electrons. The number of piperidine rings is 1. The average Bonchev–Trinajstić information content (AvgIpc) is 2.41. The molecule has 0 aromatic heterocycles. The van der Waals surface area contributed by atoms with Gasteiger partial charge in [0.05, 0.1) is 16.6 Å². The number of benzene rings is 1. The quantitative estimate of drug-likeness (QED) is 0.476. The molecule has 2 rings (SSSR count). The Morgan fingerprint density at radius 2 is 2.25 bits per heavy atom. The van der Waals surface area contributed by atoms with E-state index in [-0.39, 0.29) is 24.1 Å². The Labute approximate surface area is 130 Å². The van der Waals surface area contributed by atoms with Gasteiger partial charge in [-0.15, -0.1) is 0 Å². The van der Waals surface area contributed by atoms with Crippen LogP contribution in [0, 0.1) is 19.6 Å². The highest BCUT2D eigenvalue weighted by Gasteiger charge is 2.29. The Kier molecular flexibility index (Phi) is 4.59. The van der Waals surface area contributed by atoms with E-state index in [1.807, 2.05) is 29.5 Å². The van der Waals surface area contributed by atoms with E-state index < -0.39 is 11.0 Å². The van der Waals surface area contributed by atoms with Crippen LogP contribution < -0.4 is 0 Å². The van der Waals surface area contributed by atoms with Gasteiger partial charge in [0.25, 0.3) is 11.6 Å². The summed E-state index contributed by atoms with van der Waals surface area (Å²) in [6.07, 6.45) is 0.197. The number of carbonyl (C=O) groups excluding carboxylic acids is 1. The van der Waals surface area contributed by atoms with E-state index in [4.69, 9.17) is 0 Å². The molecule has 1 aromatic rings. The Morgan fingerprint density at radius 3 is 2.85 bits per heavy atom. The zero-order chi connectivity index (χ0) is 14.9. The summed E-state index contributed by atoms with van der Waals surface area (Å²) in [5, 5.41) is 20.6. The van der Waals surface area contributed by atoms with Crippen LogP contribution in [0.4, 0.5) is 5.69 Å². The normalized spacial score (nSPS) is 22.6. The molecule has 1 aromatic carbocycles. The molecule has 0 radical (unpaired) electrons. The standard InChI is InChI=1S/C13H15IN2O4/c1-8-4-5-15(7-12(8)17)13(18)10-6-9(16(19)20)2-3-11(10)14/h2-3,6,8,12,17H,4-5,7H2,1H3. The molecule has 1 aliphatic rings. The maximum atomic E-state index is 12.4. The molecule has 0 spiro atoms. The molecular weight excluding hydrogens is 375 g/mol. The number of rotatable bonds is 2. The van der Waals surface area contributed by atoms with Crippen molar-refractivity contribution in [3.63, 3.8) is 0 Å². The van der Waals surface area contributed by atoms with Crippen molar-refractivity contribution >= 4 is 34.2 Å². The number of carbonyl (C=O) groups is 1. The summed E-state index contributed by atoms with van der Waals surface area (Å²) in [6, 6.07) is 4.25. The maximum Gasteiger partial charge on any atom is 0.270 e. The second-order valence-electron chi connectivity index (χ2n) is 5.01. The van der Waals surface area contributed by atoms with E-state index in [1.54, 1.807) is 11.0 Å². The summed E-state index contributed by atoms with van der Waals surface area (Å²) in [5.41, 5.74) is 0.223. The Hall–Kier alpha value is -1.22. The predicted molar refractivity (Wildman–Crippen MR) is 81.5 cm³/mol. The lowest BCUT2D eigenvalue weighted by molar-refractivity contribution is -0.384. The lowest BCUT2D eigenvalue weighted by Gasteiger charge is -2.34. The topological polar surface area (TPSA) is 83.7 Å². The Morgan fingerprint density at radius 1 is 1.55 bits per heavy atom. The summed E-state index contributed by atoms with van der Waals surface area (Å²) < 4.78 is 0.673. The van der Waals surface area contributed by atoms with E-state index in [0.717, 1.165) is 6.42 Å². The minimum absolute atomic E-state index is 0.0975. The van der Waals surface area contributed by atoms with Crippen molar-refractivity contribution < 1.29 is 14.8 Å². The fraction of sp³-hybridized carbons (Fsp3) is 0.462. The van der Waals surface area contributed by atoms with Crippen LogP contribution >= 0.6 is 22.6 Å². The first-order chi connectivity index (χ1) is 9.40. The molecule has 6 nitrogen and oxygen atoms in total. The fourth-order valence-electron chi connectivity index (χ4n) is 2.19. The van der Waals surface area contributed by atoms with Crippen molar-refractivity contribution in [1.29, 1.82) is 0 Å². The lowest BCUT2D eigenvalue weighted by Crippen LogP contribution is -2.46. The molecule has 1 saturated heterocycles. The van der Waals surface area contributed by atoms with E-state index in [9.17, 15) is 20.0 Å². The smallest absolute Gasteiger partial charge is 0.270 e. The Bertz CT molecular complexity index is 549. The largest absolute Gasteiger partial charge is 0.391 e. The van der Waals surface area contributed by atoms with Crippen molar-refractivity contribution in [1.82, 2.24) is 4.90 Å². The molecule has 1 fully saturated rings. The highest BCUT2D eigenvalue weighted by Crippen LogP contribution is 2.24. The van der Waals surface area contributed by atoms with Crippen molar-refractivity contribution in [2.75, 3.05) is 13.1 Å². The van der Waals surface area contributed by atoms with E-state index in [0.29, 0.717) is 15.7 Å². The summed E-state index contributed by atoms with van der Waals surface area (Å²) in [5.74, 6) is -0.0905. The summed E-state index contributed by atoms with van der Waals surface area (Å²) >= 11 is 1.99. The van der Waals surface area contributed by atoms with E-state index in [2.05, 4.69) is 0 Å². The van der Waals surface area contributed by atoms with E-state index in [1.165, 1.54) is 12.1 Å². The first-order valence-corrected chi connectivity index (χ1v) is 7.39. The zero-order valence-corrected chi connectivity index (χ0v) is 13.1. The van der Waals surface area contributed by atoms with Gasteiger partial charge >= 0.3 is 0 Å². The molecule has 0 saturated carbocycles. The molecule has 2 atom stereocenters. The number of likely N-dealkylation sites (tertiary alicyclic amines) is 1. The monoisotopic (exact) mass is 390 g/mol. The van der Waals surface area contributed by atoms with Gasteiger partial charge in [0, 0.05) is 28.8 Å². The molecule has 1 heterocycles.